The SMILES string of the molecule is Nc1nsc(NCC2CCS(=O)(=O)C2)c1C(=O)NC1CC1. The lowest BCUT2D eigenvalue weighted by Gasteiger charge is -2.11. The summed E-state index contributed by atoms with van der Waals surface area (Å²) in [6.45, 7) is 0.518. The molecule has 1 aliphatic carbocycles. The van der Waals surface area contributed by atoms with Gasteiger partial charge in [-0.3, -0.25) is 4.79 Å². The number of amides is 1. The number of rotatable bonds is 5. The molecule has 0 bridgehead atoms. The van der Waals surface area contributed by atoms with Gasteiger partial charge in [-0.2, -0.15) is 4.37 Å². The predicted octanol–water partition coefficient (Wildman–Crippen LogP) is 0.464. The van der Waals surface area contributed by atoms with Crippen LogP contribution in [0.15, 0.2) is 0 Å². The van der Waals surface area contributed by atoms with Crippen molar-refractivity contribution in [2.45, 2.75) is 25.3 Å². The quantitative estimate of drug-likeness (QED) is 0.723. The predicted molar refractivity (Wildman–Crippen MR) is 82.3 cm³/mol. The smallest absolute Gasteiger partial charge is 0.258 e. The van der Waals surface area contributed by atoms with Gasteiger partial charge in [0.15, 0.2) is 15.7 Å². The highest BCUT2D eigenvalue weighted by Gasteiger charge is 2.30. The maximum Gasteiger partial charge on any atom is 0.258 e. The highest BCUT2D eigenvalue weighted by molar-refractivity contribution is 7.91. The maximum atomic E-state index is 12.1. The molecule has 3 rings (SSSR count). The van der Waals surface area contributed by atoms with E-state index in [1.807, 2.05) is 0 Å². The number of hydrogen-bond acceptors (Lipinski definition) is 7. The molecule has 1 atom stereocenters. The lowest BCUT2D eigenvalue weighted by Crippen LogP contribution is -2.27. The minimum atomic E-state index is -2.88. The van der Waals surface area contributed by atoms with E-state index in [0.717, 1.165) is 24.4 Å². The number of nitrogens with two attached hydrogens (primary N) is 1. The van der Waals surface area contributed by atoms with Crippen LogP contribution in [0.5, 0.6) is 0 Å². The summed E-state index contributed by atoms with van der Waals surface area (Å²) in [5.74, 6) is 0.555. The molecule has 1 amide bonds. The monoisotopic (exact) mass is 330 g/mol. The second-order valence-electron chi connectivity index (χ2n) is 5.67. The standard InChI is InChI=1S/C12H18N4O3S2/c13-10-9(11(17)15-8-1-2-8)12(20-16-10)14-5-7-3-4-21(18,19)6-7/h7-8,14H,1-6H2,(H2,13,16)(H,15,17). The molecule has 0 aromatic carbocycles. The molecule has 2 heterocycles. The zero-order valence-electron chi connectivity index (χ0n) is 11.5. The molecule has 116 valence electrons. The molecule has 1 saturated heterocycles. The van der Waals surface area contributed by atoms with E-state index in [0.29, 0.717) is 23.5 Å². The van der Waals surface area contributed by atoms with Crippen molar-refractivity contribution in [2.24, 2.45) is 5.92 Å². The number of nitrogens with zero attached hydrogens (tertiary/aromatic N) is 1. The van der Waals surface area contributed by atoms with E-state index in [-0.39, 0.29) is 35.2 Å². The Morgan fingerprint density at radius 1 is 1.38 bits per heavy atom. The Labute approximate surface area is 127 Å². The molecule has 1 aromatic rings. The molecule has 9 heteroatoms. The molecular formula is C12H18N4O3S2. The van der Waals surface area contributed by atoms with Crippen LogP contribution < -0.4 is 16.4 Å². The van der Waals surface area contributed by atoms with Crippen LogP contribution in [0.3, 0.4) is 0 Å². The Bertz CT molecular complexity index is 651. The summed E-state index contributed by atoms with van der Waals surface area (Å²) in [5.41, 5.74) is 6.15. The first kappa shape index (κ1) is 14.6. The second kappa shape index (κ2) is 5.45. The lowest BCUT2D eigenvalue weighted by molar-refractivity contribution is 0.0953. The van der Waals surface area contributed by atoms with E-state index in [2.05, 4.69) is 15.0 Å². The third kappa shape index (κ3) is 3.46. The summed E-state index contributed by atoms with van der Waals surface area (Å²) in [5, 5.41) is 6.65. The van der Waals surface area contributed by atoms with Crippen LogP contribution in [0, 0.1) is 5.92 Å². The van der Waals surface area contributed by atoms with Crippen LogP contribution in [0.1, 0.15) is 29.6 Å². The molecule has 4 N–H and O–H groups in total. The van der Waals surface area contributed by atoms with Crippen molar-refractivity contribution in [1.29, 1.82) is 0 Å². The highest BCUT2D eigenvalue weighted by atomic mass is 32.2. The zero-order valence-corrected chi connectivity index (χ0v) is 13.1. The Hall–Kier alpha value is -1.35. The Morgan fingerprint density at radius 2 is 2.14 bits per heavy atom. The van der Waals surface area contributed by atoms with Crippen LogP contribution >= 0.6 is 11.5 Å². The fourth-order valence-electron chi connectivity index (χ4n) is 2.40. The van der Waals surface area contributed by atoms with Gasteiger partial charge < -0.3 is 16.4 Å². The first-order valence-corrected chi connectivity index (χ1v) is 9.54. The number of carbonyl (C=O) groups excluding carboxylic acids is 1. The van der Waals surface area contributed by atoms with E-state index >= 15 is 0 Å². The van der Waals surface area contributed by atoms with Crippen molar-refractivity contribution in [3.63, 3.8) is 0 Å². The third-order valence-electron chi connectivity index (χ3n) is 3.74. The van der Waals surface area contributed by atoms with Crippen molar-refractivity contribution >= 4 is 38.1 Å². The van der Waals surface area contributed by atoms with Gasteiger partial charge in [-0.05, 0) is 36.7 Å². The van der Waals surface area contributed by atoms with Crippen LogP contribution in [0.2, 0.25) is 0 Å². The van der Waals surface area contributed by atoms with Crippen molar-refractivity contribution in [2.75, 3.05) is 29.1 Å². The first-order valence-electron chi connectivity index (χ1n) is 6.95. The summed E-state index contributed by atoms with van der Waals surface area (Å²) in [7, 11) is -2.88. The average molecular weight is 330 g/mol. The summed E-state index contributed by atoms with van der Waals surface area (Å²) in [4.78, 5) is 12.1. The number of anilines is 2. The number of sulfone groups is 1. The van der Waals surface area contributed by atoms with Gasteiger partial charge in [0.1, 0.15) is 10.6 Å². The summed E-state index contributed by atoms with van der Waals surface area (Å²) in [6, 6.07) is 0.254. The van der Waals surface area contributed by atoms with Crippen LogP contribution in [0.4, 0.5) is 10.8 Å². The summed E-state index contributed by atoms with van der Waals surface area (Å²) in [6.07, 6.45) is 2.67. The molecule has 1 aliphatic heterocycles. The number of aromatic nitrogens is 1. The fourth-order valence-corrected chi connectivity index (χ4v) is 4.98. The van der Waals surface area contributed by atoms with Gasteiger partial charge in [0.2, 0.25) is 0 Å². The summed E-state index contributed by atoms with van der Waals surface area (Å²) >= 11 is 1.14. The van der Waals surface area contributed by atoms with Gasteiger partial charge >= 0.3 is 0 Å². The zero-order chi connectivity index (χ0) is 15.0. The maximum absolute atomic E-state index is 12.1. The van der Waals surface area contributed by atoms with Gasteiger partial charge in [0, 0.05) is 12.6 Å². The highest BCUT2D eigenvalue weighted by Crippen LogP contribution is 2.29. The van der Waals surface area contributed by atoms with Crippen molar-refractivity contribution in [3.8, 4) is 0 Å². The summed E-state index contributed by atoms with van der Waals surface area (Å²) < 4.78 is 26.9. The minimum Gasteiger partial charge on any atom is -0.382 e. The third-order valence-corrected chi connectivity index (χ3v) is 6.39. The molecule has 7 nitrogen and oxygen atoms in total. The van der Waals surface area contributed by atoms with E-state index < -0.39 is 9.84 Å². The van der Waals surface area contributed by atoms with E-state index in [1.54, 1.807) is 0 Å². The number of nitrogen functional groups attached to an aromatic ring is 1. The molecular weight excluding hydrogens is 312 g/mol. The first-order chi connectivity index (χ1) is 9.94. The Balaban J connectivity index is 1.64. The van der Waals surface area contributed by atoms with Gasteiger partial charge in [0.25, 0.3) is 5.91 Å². The van der Waals surface area contributed by atoms with Crippen LogP contribution in [-0.2, 0) is 9.84 Å². The van der Waals surface area contributed by atoms with E-state index in [1.165, 1.54) is 0 Å². The largest absolute Gasteiger partial charge is 0.382 e. The van der Waals surface area contributed by atoms with E-state index in [9.17, 15) is 13.2 Å². The fraction of sp³-hybridized carbons (Fsp3) is 0.667. The second-order valence-corrected chi connectivity index (χ2v) is 8.67. The molecule has 0 spiro atoms. The molecule has 0 radical (unpaired) electrons. The molecule has 21 heavy (non-hydrogen) atoms. The lowest BCUT2D eigenvalue weighted by atomic mass is 10.1. The van der Waals surface area contributed by atoms with Crippen LogP contribution in [0.25, 0.3) is 0 Å². The number of hydrogen-bond donors (Lipinski definition) is 3. The van der Waals surface area contributed by atoms with Crippen molar-refractivity contribution < 1.29 is 13.2 Å². The van der Waals surface area contributed by atoms with Gasteiger partial charge in [0.05, 0.1) is 11.5 Å². The van der Waals surface area contributed by atoms with Gasteiger partial charge in [-0.15, -0.1) is 0 Å². The molecule has 1 saturated carbocycles. The Morgan fingerprint density at radius 3 is 2.76 bits per heavy atom. The minimum absolute atomic E-state index is 0.0812. The normalized spacial score (nSPS) is 23.9. The molecule has 1 unspecified atom stereocenters. The topological polar surface area (TPSA) is 114 Å². The Kier molecular flexibility index (Phi) is 3.78. The molecule has 2 aliphatic rings. The average Bonchev–Trinajstić information content (AvgIpc) is 3.03. The van der Waals surface area contributed by atoms with E-state index in [4.69, 9.17) is 5.73 Å². The number of carbonyl (C=O) groups is 1. The molecule has 2 fully saturated rings. The molecule has 1 aromatic heterocycles. The number of nitrogens with one attached hydrogen (secondary N) is 2. The van der Waals surface area contributed by atoms with Gasteiger partial charge in [-0.25, -0.2) is 8.42 Å². The van der Waals surface area contributed by atoms with Gasteiger partial charge in [-0.1, -0.05) is 0 Å². The van der Waals surface area contributed by atoms with Crippen molar-refractivity contribution in [3.05, 3.63) is 5.56 Å². The van der Waals surface area contributed by atoms with Crippen molar-refractivity contribution in [1.82, 2.24) is 9.69 Å². The van der Waals surface area contributed by atoms with Crippen LogP contribution in [-0.4, -0.2) is 42.8 Å².